The van der Waals surface area contributed by atoms with Crippen LogP contribution in [0.3, 0.4) is 0 Å². The first-order valence-electron chi connectivity index (χ1n) is 8.94. The molecule has 0 aliphatic heterocycles. The molecule has 0 aliphatic rings. The molecule has 2 heterocycles. The Morgan fingerprint density at radius 1 is 1.18 bits per heavy atom. The monoisotopic (exact) mass is 395 g/mol. The molecule has 0 fully saturated rings. The number of amides is 1. The van der Waals surface area contributed by atoms with Gasteiger partial charge in [-0.2, -0.15) is 0 Å². The molecule has 6 nitrogen and oxygen atoms in total. The Hall–Kier alpha value is -3.06. The van der Waals surface area contributed by atoms with Gasteiger partial charge in [0.2, 0.25) is 0 Å². The number of nitrogens with one attached hydrogen (secondary N) is 1. The van der Waals surface area contributed by atoms with E-state index in [0.29, 0.717) is 12.2 Å². The van der Waals surface area contributed by atoms with Gasteiger partial charge in [-0.3, -0.25) is 14.6 Å². The molecule has 0 spiro atoms. The quantitative estimate of drug-likeness (QED) is 0.593. The van der Waals surface area contributed by atoms with Crippen molar-refractivity contribution in [3.05, 3.63) is 71.5 Å². The van der Waals surface area contributed by atoms with E-state index in [9.17, 15) is 9.59 Å². The van der Waals surface area contributed by atoms with Gasteiger partial charge in [0.05, 0.1) is 12.1 Å². The van der Waals surface area contributed by atoms with Crippen LogP contribution in [0.1, 0.15) is 24.1 Å². The SMILES string of the molecule is C[C@@H](CNC(=O)COC(=O)Cc1csc(-c2cccnc2)n1)c1ccccc1. The van der Waals surface area contributed by atoms with Gasteiger partial charge in [-0.15, -0.1) is 11.3 Å². The molecule has 0 saturated carbocycles. The lowest BCUT2D eigenvalue weighted by atomic mass is 10.0. The summed E-state index contributed by atoms with van der Waals surface area (Å²) < 4.78 is 5.06. The van der Waals surface area contributed by atoms with Gasteiger partial charge >= 0.3 is 5.97 Å². The maximum Gasteiger partial charge on any atom is 0.312 e. The van der Waals surface area contributed by atoms with Gasteiger partial charge in [-0.1, -0.05) is 37.3 Å². The van der Waals surface area contributed by atoms with Gasteiger partial charge < -0.3 is 10.1 Å². The van der Waals surface area contributed by atoms with Crippen LogP contribution in [0.2, 0.25) is 0 Å². The molecule has 0 unspecified atom stereocenters. The van der Waals surface area contributed by atoms with Crippen LogP contribution in [-0.2, 0) is 20.7 Å². The maximum absolute atomic E-state index is 12.0. The number of nitrogens with zero attached hydrogens (tertiary/aromatic N) is 2. The Morgan fingerprint density at radius 3 is 2.75 bits per heavy atom. The smallest absolute Gasteiger partial charge is 0.312 e. The minimum atomic E-state index is -0.478. The second kappa shape index (κ2) is 9.75. The van der Waals surface area contributed by atoms with Crippen molar-refractivity contribution >= 4 is 23.2 Å². The second-order valence-electron chi connectivity index (χ2n) is 6.34. The average Bonchev–Trinajstić information content (AvgIpc) is 3.20. The summed E-state index contributed by atoms with van der Waals surface area (Å²) >= 11 is 1.44. The summed E-state index contributed by atoms with van der Waals surface area (Å²) in [4.78, 5) is 32.4. The predicted octanol–water partition coefficient (Wildman–Crippen LogP) is 3.21. The minimum Gasteiger partial charge on any atom is -0.455 e. The molecule has 1 aromatic carbocycles. The topological polar surface area (TPSA) is 81.2 Å². The van der Waals surface area contributed by atoms with E-state index in [2.05, 4.69) is 15.3 Å². The number of rotatable bonds is 8. The highest BCUT2D eigenvalue weighted by Crippen LogP contribution is 2.22. The molecule has 3 aromatic rings. The highest BCUT2D eigenvalue weighted by Gasteiger charge is 2.13. The molecule has 7 heteroatoms. The zero-order valence-corrected chi connectivity index (χ0v) is 16.3. The van der Waals surface area contributed by atoms with Crippen LogP contribution >= 0.6 is 11.3 Å². The first-order valence-corrected chi connectivity index (χ1v) is 9.82. The molecular formula is C21H21N3O3S. The van der Waals surface area contributed by atoms with Gasteiger partial charge in [0.25, 0.3) is 5.91 Å². The molecule has 0 aliphatic carbocycles. The minimum absolute atomic E-state index is 0.0322. The number of carbonyl (C=O) groups is 2. The molecule has 1 N–H and O–H groups in total. The van der Waals surface area contributed by atoms with E-state index in [-0.39, 0.29) is 24.9 Å². The Bertz CT molecular complexity index is 913. The lowest BCUT2D eigenvalue weighted by molar-refractivity contribution is -0.147. The molecule has 28 heavy (non-hydrogen) atoms. The van der Waals surface area contributed by atoms with E-state index in [4.69, 9.17) is 4.74 Å². The maximum atomic E-state index is 12.0. The highest BCUT2D eigenvalue weighted by atomic mass is 32.1. The first-order chi connectivity index (χ1) is 13.6. The third kappa shape index (κ3) is 5.72. The molecule has 1 amide bonds. The molecule has 2 aromatic heterocycles. The van der Waals surface area contributed by atoms with Crippen molar-refractivity contribution in [3.63, 3.8) is 0 Å². The number of carbonyl (C=O) groups excluding carboxylic acids is 2. The first kappa shape index (κ1) is 19.7. The lowest BCUT2D eigenvalue weighted by Crippen LogP contribution is -2.31. The normalized spacial score (nSPS) is 11.6. The lowest BCUT2D eigenvalue weighted by Gasteiger charge is -2.13. The van der Waals surface area contributed by atoms with Gasteiger partial charge in [0, 0.05) is 29.9 Å². The van der Waals surface area contributed by atoms with Crippen LogP contribution in [0.15, 0.2) is 60.2 Å². The molecule has 0 saturated heterocycles. The van der Waals surface area contributed by atoms with Crippen LogP contribution in [0.25, 0.3) is 10.6 Å². The van der Waals surface area contributed by atoms with E-state index >= 15 is 0 Å². The number of thiazole rings is 1. The fourth-order valence-corrected chi connectivity index (χ4v) is 3.38. The summed E-state index contributed by atoms with van der Waals surface area (Å²) in [5, 5.41) is 5.39. The van der Waals surface area contributed by atoms with Crippen molar-refractivity contribution < 1.29 is 14.3 Å². The standard InChI is InChI=1S/C21H21N3O3S/c1-15(16-6-3-2-4-7-16)11-23-19(25)13-27-20(26)10-18-14-28-21(24-18)17-8-5-9-22-12-17/h2-9,12,14-15H,10-11,13H2,1H3,(H,23,25)/t15-/m0/s1. The fourth-order valence-electron chi connectivity index (χ4n) is 2.57. The summed E-state index contributed by atoms with van der Waals surface area (Å²) in [5.41, 5.74) is 2.67. The molecule has 0 radical (unpaired) electrons. The van der Waals surface area contributed by atoms with Crippen molar-refractivity contribution in [2.24, 2.45) is 0 Å². The van der Waals surface area contributed by atoms with Crippen molar-refractivity contribution in [2.45, 2.75) is 19.3 Å². The molecular weight excluding hydrogens is 374 g/mol. The summed E-state index contributed by atoms with van der Waals surface area (Å²) in [6.07, 6.45) is 3.45. The van der Waals surface area contributed by atoms with Crippen molar-refractivity contribution in [2.75, 3.05) is 13.2 Å². The third-order valence-corrected chi connectivity index (χ3v) is 5.06. The van der Waals surface area contributed by atoms with Crippen LogP contribution in [0.5, 0.6) is 0 Å². The van der Waals surface area contributed by atoms with Crippen LogP contribution in [0.4, 0.5) is 0 Å². The molecule has 144 valence electrons. The Kier molecular flexibility index (Phi) is 6.86. The number of esters is 1. The number of hydrogen-bond acceptors (Lipinski definition) is 6. The average molecular weight is 395 g/mol. The van der Waals surface area contributed by atoms with E-state index in [1.165, 1.54) is 11.3 Å². The summed E-state index contributed by atoms with van der Waals surface area (Å²) in [5.74, 6) is -0.610. The van der Waals surface area contributed by atoms with Crippen LogP contribution in [-0.4, -0.2) is 35.0 Å². The predicted molar refractivity (Wildman–Crippen MR) is 108 cm³/mol. The Labute approximate surface area is 167 Å². The van der Waals surface area contributed by atoms with E-state index in [1.54, 1.807) is 12.4 Å². The number of pyridine rings is 1. The Balaban J connectivity index is 1.40. The third-order valence-electron chi connectivity index (χ3n) is 4.12. The number of benzene rings is 1. The Morgan fingerprint density at radius 2 is 2.00 bits per heavy atom. The zero-order valence-electron chi connectivity index (χ0n) is 15.5. The molecule has 0 bridgehead atoms. The fraction of sp³-hybridized carbons (Fsp3) is 0.238. The zero-order chi connectivity index (χ0) is 19.8. The molecule has 1 atom stereocenters. The molecule has 3 rings (SSSR count). The van der Waals surface area contributed by atoms with E-state index in [1.807, 2.05) is 54.8 Å². The van der Waals surface area contributed by atoms with Crippen molar-refractivity contribution in [1.29, 1.82) is 0 Å². The van der Waals surface area contributed by atoms with Crippen LogP contribution < -0.4 is 5.32 Å². The number of ether oxygens (including phenoxy) is 1. The van der Waals surface area contributed by atoms with E-state index < -0.39 is 5.97 Å². The van der Waals surface area contributed by atoms with Gasteiger partial charge in [-0.05, 0) is 23.6 Å². The number of aromatic nitrogens is 2. The van der Waals surface area contributed by atoms with Crippen LogP contribution in [0, 0.1) is 0 Å². The number of hydrogen-bond donors (Lipinski definition) is 1. The highest BCUT2D eigenvalue weighted by molar-refractivity contribution is 7.13. The van der Waals surface area contributed by atoms with Gasteiger partial charge in [-0.25, -0.2) is 4.98 Å². The van der Waals surface area contributed by atoms with Crippen molar-refractivity contribution in [1.82, 2.24) is 15.3 Å². The summed E-state index contributed by atoms with van der Waals surface area (Å²) in [7, 11) is 0. The van der Waals surface area contributed by atoms with Gasteiger partial charge in [0.15, 0.2) is 6.61 Å². The van der Waals surface area contributed by atoms with E-state index in [0.717, 1.165) is 16.1 Å². The largest absolute Gasteiger partial charge is 0.455 e. The summed E-state index contributed by atoms with van der Waals surface area (Å²) in [6.45, 7) is 2.23. The van der Waals surface area contributed by atoms with Crippen molar-refractivity contribution in [3.8, 4) is 10.6 Å². The second-order valence-corrected chi connectivity index (χ2v) is 7.20. The summed E-state index contributed by atoms with van der Waals surface area (Å²) in [6, 6.07) is 13.7. The van der Waals surface area contributed by atoms with Gasteiger partial charge in [0.1, 0.15) is 5.01 Å².